The van der Waals surface area contributed by atoms with Crippen molar-refractivity contribution in [3.63, 3.8) is 0 Å². The lowest BCUT2D eigenvalue weighted by molar-refractivity contribution is -0.194. The molecule has 1 saturated heterocycles. The van der Waals surface area contributed by atoms with Crippen LogP contribution in [0.15, 0.2) is 30.3 Å². The highest BCUT2D eigenvalue weighted by molar-refractivity contribution is 5.89. The number of ether oxygens (including phenoxy) is 4. The van der Waals surface area contributed by atoms with Gasteiger partial charge in [-0.3, -0.25) is 9.59 Å². The van der Waals surface area contributed by atoms with E-state index in [0.29, 0.717) is 12.0 Å². The zero-order valence-corrected chi connectivity index (χ0v) is 13.8. The minimum absolute atomic E-state index is 0.366. The van der Waals surface area contributed by atoms with Gasteiger partial charge in [0.15, 0.2) is 6.10 Å². The molecule has 1 aromatic carbocycles. The van der Waals surface area contributed by atoms with Crippen molar-refractivity contribution < 1.29 is 33.3 Å². The lowest BCUT2D eigenvalue weighted by Crippen LogP contribution is -2.41. The summed E-state index contributed by atoms with van der Waals surface area (Å²) in [7, 11) is 0. The molecule has 0 saturated carbocycles. The molecule has 0 aromatic heterocycles. The van der Waals surface area contributed by atoms with E-state index in [1.807, 2.05) is 6.92 Å². The molecular weight excluding hydrogens is 316 g/mol. The van der Waals surface area contributed by atoms with E-state index >= 15 is 0 Å². The summed E-state index contributed by atoms with van der Waals surface area (Å²) in [6.07, 6.45) is -3.04. The zero-order chi connectivity index (χ0) is 17.7. The summed E-state index contributed by atoms with van der Waals surface area (Å²) < 4.78 is 21.3. The van der Waals surface area contributed by atoms with Gasteiger partial charge in [0.2, 0.25) is 12.4 Å². The maximum atomic E-state index is 12.3. The van der Waals surface area contributed by atoms with Gasteiger partial charge in [0.1, 0.15) is 6.10 Å². The summed E-state index contributed by atoms with van der Waals surface area (Å²) in [5, 5.41) is 0. The van der Waals surface area contributed by atoms with Crippen molar-refractivity contribution in [1.29, 1.82) is 0 Å². The van der Waals surface area contributed by atoms with Gasteiger partial charge < -0.3 is 18.9 Å². The summed E-state index contributed by atoms with van der Waals surface area (Å²) in [4.78, 5) is 34.9. The van der Waals surface area contributed by atoms with Crippen LogP contribution >= 0.6 is 0 Å². The summed E-state index contributed by atoms with van der Waals surface area (Å²) in [6, 6.07) is 8.43. The Morgan fingerprint density at radius 3 is 2.12 bits per heavy atom. The molecule has 0 bridgehead atoms. The number of esters is 3. The van der Waals surface area contributed by atoms with Crippen molar-refractivity contribution in [3.8, 4) is 0 Å². The molecule has 4 atom stereocenters. The lowest BCUT2D eigenvalue weighted by atomic mass is 10.1. The van der Waals surface area contributed by atoms with Crippen molar-refractivity contribution >= 4 is 17.9 Å². The first-order valence-corrected chi connectivity index (χ1v) is 7.68. The predicted molar refractivity (Wildman–Crippen MR) is 81.9 cm³/mol. The second-order valence-electron chi connectivity index (χ2n) is 5.37. The summed E-state index contributed by atoms with van der Waals surface area (Å²) in [5.41, 5.74) is 0.366. The van der Waals surface area contributed by atoms with Crippen LogP contribution in [0.25, 0.3) is 0 Å². The zero-order valence-electron chi connectivity index (χ0n) is 13.8. The number of hydrogen-bond acceptors (Lipinski definition) is 7. The van der Waals surface area contributed by atoms with Crippen molar-refractivity contribution in [2.75, 3.05) is 0 Å². The summed E-state index contributed by atoms with van der Waals surface area (Å²) in [6.45, 7) is 4.27. The lowest BCUT2D eigenvalue weighted by Gasteiger charge is -2.23. The summed E-state index contributed by atoms with van der Waals surface area (Å²) in [5.74, 6) is -1.73. The van der Waals surface area contributed by atoms with Crippen LogP contribution in [0.2, 0.25) is 0 Å². The fraction of sp³-hybridized carbons (Fsp3) is 0.471. The topological polar surface area (TPSA) is 88.1 Å². The van der Waals surface area contributed by atoms with Gasteiger partial charge in [-0.25, -0.2) is 4.79 Å². The van der Waals surface area contributed by atoms with Crippen LogP contribution in [0.5, 0.6) is 0 Å². The number of benzene rings is 1. The van der Waals surface area contributed by atoms with Gasteiger partial charge in [-0.1, -0.05) is 25.1 Å². The number of carbonyl (C=O) groups is 3. The first-order valence-electron chi connectivity index (χ1n) is 7.68. The largest absolute Gasteiger partial charge is 0.452 e. The van der Waals surface area contributed by atoms with Gasteiger partial charge in [-0.15, -0.1) is 0 Å². The molecule has 1 aliphatic heterocycles. The third-order valence-corrected chi connectivity index (χ3v) is 3.51. The van der Waals surface area contributed by atoms with E-state index in [1.165, 1.54) is 13.8 Å². The quantitative estimate of drug-likeness (QED) is 0.599. The molecule has 2 rings (SSSR count). The normalized spacial score (nSPS) is 25.8. The molecule has 7 heteroatoms. The van der Waals surface area contributed by atoms with E-state index < -0.39 is 42.5 Å². The van der Waals surface area contributed by atoms with Crippen LogP contribution in [0.1, 0.15) is 37.6 Å². The molecule has 1 fully saturated rings. The monoisotopic (exact) mass is 336 g/mol. The molecule has 1 aliphatic rings. The van der Waals surface area contributed by atoms with E-state index in [1.54, 1.807) is 30.3 Å². The van der Waals surface area contributed by atoms with Crippen LogP contribution in [0.3, 0.4) is 0 Å². The molecule has 7 nitrogen and oxygen atoms in total. The second kappa shape index (κ2) is 7.92. The Morgan fingerprint density at radius 1 is 0.958 bits per heavy atom. The highest BCUT2D eigenvalue weighted by atomic mass is 16.7. The third-order valence-electron chi connectivity index (χ3n) is 3.51. The van der Waals surface area contributed by atoms with E-state index in [-0.39, 0.29) is 0 Å². The van der Waals surface area contributed by atoms with E-state index in [4.69, 9.17) is 18.9 Å². The standard InChI is InChI=1S/C17H20O7/c1-4-13-14(24-16(20)12-8-6-5-7-9-12)15(21-10(2)18)17(23-13)22-11(3)19/h5-9,13-15,17H,4H2,1-3H3/t13-,14?,15+,17?/m1/s1. The van der Waals surface area contributed by atoms with Crippen molar-refractivity contribution in [2.24, 2.45) is 0 Å². The maximum absolute atomic E-state index is 12.3. The first kappa shape index (κ1) is 17.9. The Hall–Kier alpha value is -2.41. The predicted octanol–water partition coefficient (Wildman–Crippen LogP) is 1.84. The van der Waals surface area contributed by atoms with Crippen LogP contribution in [-0.4, -0.2) is 42.5 Å². The molecule has 24 heavy (non-hydrogen) atoms. The van der Waals surface area contributed by atoms with Crippen LogP contribution in [0.4, 0.5) is 0 Å². The maximum Gasteiger partial charge on any atom is 0.338 e. The molecule has 0 spiro atoms. The first-order chi connectivity index (χ1) is 11.4. The van der Waals surface area contributed by atoms with E-state index in [2.05, 4.69) is 0 Å². The fourth-order valence-electron chi connectivity index (χ4n) is 2.50. The highest BCUT2D eigenvalue weighted by Crippen LogP contribution is 2.30. The molecular formula is C17H20O7. The smallest absolute Gasteiger partial charge is 0.338 e. The second-order valence-corrected chi connectivity index (χ2v) is 5.37. The Bertz CT molecular complexity index is 598. The van der Waals surface area contributed by atoms with Gasteiger partial charge in [-0.2, -0.15) is 0 Å². The fourth-order valence-corrected chi connectivity index (χ4v) is 2.50. The highest BCUT2D eigenvalue weighted by Gasteiger charge is 2.50. The van der Waals surface area contributed by atoms with Gasteiger partial charge in [0.05, 0.1) is 5.56 Å². The third kappa shape index (κ3) is 4.32. The average molecular weight is 336 g/mol. The van der Waals surface area contributed by atoms with Gasteiger partial charge in [0, 0.05) is 13.8 Å². The molecule has 1 aromatic rings. The molecule has 2 unspecified atom stereocenters. The van der Waals surface area contributed by atoms with Gasteiger partial charge in [0.25, 0.3) is 0 Å². The number of rotatable bonds is 5. The molecule has 0 N–H and O–H groups in total. The molecule has 0 amide bonds. The van der Waals surface area contributed by atoms with Crippen molar-refractivity contribution in [1.82, 2.24) is 0 Å². The minimum atomic E-state index is -1.11. The Morgan fingerprint density at radius 2 is 1.58 bits per heavy atom. The van der Waals surface area contributed by atoms with Crippen molar-refractivity contribution in [2.45, 2.75) is 51.8 Å². The van der Waals surface area contributed by atoms with Crippen LogP contribution in [0, 0.1) is 0 Å². The minimum Gasteiger partial charge on any atom is -0.452 e. The molecule has 0 aliphatic carbocycles. The summed E-state index contributed by atoms with van der Waals surface area (Å²) >= 11 is 0. The molecule has 1 heterocycles. The van der Waals surface area contributed by atoms with Gasteiger partial charge in [-0.05, 0) is 18.6 Å². The van der Waals surface area contributed by atoms with E-state index in [0.717, 1.165) is 0 Å². The van der Waals surface area contributed by atoms with E-state index in [9.17, 15) is 14.4 Å². The number of carbonyl (C=O) groups excluding carboxylic acids is 3. The number of hydrogen-bond donors (Lipinski definition) is 0. The Kier molecular flexibility index (Phi) is 5.92. The molecule has 130 valence electrons. The van der Waals surface area contributed by atoms with Crippen LogP contribution < -0.4 is 0 Å². The van der Waals surface area contributed by atoms with Crippen LogP contribution in [-0.2, 0) is 28.5 Å². The Labute approximate surface area is 139 Å². The molecule has 0 radical (unpaired) electrons. The SMILES string of the molecule is CC[C@H]1OC(OC(C)=O)[C@@H](OC(C)=O)C1OC(=O)c1ccccc1. The van der Waals surface area contributed by atoms with Crippen molar-refractivity contribution in [3.05, 3.63) is 35.9 Å². The average Bonchev–Trinajstić information content (AvgIpc) is 2.84. The van der Waals surface area contributed by atoms with Gasteiger partial charge >= 0.3 is 17.9 Å². The Balaban J connectivity index is 2.20.